The molecule has 0 aliphatic carbocycles. The number of ketones is 1. The van der Waals surface area contributed by atoms with Gasteiger partial charge in [-0.3, -0.25) is 4.79 Å². The third kappa shape index (κ3) is 3.42. The summed E-state index contributed by atoms with van der Waals surface area (Å²) in [5, 5.41) is 19.8. The molecular formula is C13H16Br2O4. The van der Waals surface area contributed by atoms with Gasteiger partial charge in [0.15, 0.2) is 17.3 Å². The van der Waals surface area contributed by atoms with Crippen LogP contribution < -0.4 is 4.74 Å². The third-order valence-electron chi connectivity index (χ3n) is 2.78. The Morgan fingerprint density at radius 2 is 1.79 bits per heavy atom. The van der Waals surface area contributed by atoms with Crippen LogP contribution in [0.4, 0.5) is 0 Å². The van der Waals surface area contributed by atoms with Gasteiger partial charge in [0.1, 0.15) is 20.3 Å². The molecular weight excluding hydrogens is 380 g/mol. The van der Waals surface area contributed by atoms with Gasteiger partial charge in [-0.15, -0.1) is 0 Å². The van der Waals surface area contributed by atoms with Crippen molar-refractivity contribution in [3.8, 4) is 17.2 Å². The summed E-state index contributed by atoms with van der Waals surface area (Å²) < 4.78 is 5.44. The minimum Gasteiger partial charge on any atom is -0.506 e. The monoisotopic (exact) mass is 394 g/mol. The van der Waals surface area contributed by atoms with Crippen LogP contribution in [-0.4, -0.2) is 23.1 Å². The number of halogens is 2. The summed E-state index contributed by atoms with van der Waals surface area (Å²) in [7, 11) is 1.38. The van der Waals surface area contributed by atoms with E-state index in [0.717, 1.165) is 19.3 Å². The molecule has 0 amide bonds. The highest BCUT2D eigenvalue weighted by Crippen LogP contribution is 2.48. The summed E-state index contributed by atoms with van der Waals surface area (Å²) in [5.41, 5.74) is 0.0927. The fourth-order valence-electron chi connectivity index (χ4n) is 1.75. The number of carbonyl (C=O) groups is 1. The molecule has 6 heteroatoms. The molecule has 0 aliphatic heterocycles. The number of benzene rings is 1. The molecule has 106 valence electrons. The van der Waals surface area contributed by atoms with Crippen molar-refractivity contribution in [2.45, 2.75) is 32.6 Å². The zero-order valence-corrected chi connectivity index (χ0v) is 14.0. The van der Waals surface area contributed by atoms with Gasteiger partial charge in [-0.25, -0.2) is 0 Å². The van der Waals surface area contributed by atoms with Crippen molar-refractivity contribution in [2.24, 2.45) is 0 Å². The van der Waals surface area contributed by atoms with Gasteiger partial charge in [0.05, 0.1) is 7.11 Å². The molecule has 0 heterocycles. The third-order valence-corrected chi connectivity index (χ3v) is 4.26. The fraction of sp³-hybridized carbons (Fsp3) is 0.462. The summed E-state index contributed by atoms with van der Waals surface area (Å²) in [6.45, 7) is 2.05. The first-order valence-corrected chi connectivity index (χ1v) is 7.54. The Balaban J connectivity index is 3.22. The van der Waals surface area contributed by atoms with Crippen molar-refractivity contribution in [2.75, 3.05) is 7.11 Å². The summed E-state index contributed by atoms with van der Waals surface area (Å²) >= 11 is 6.21. The molecule has 0 radical (unpaired) electrons. The van der Waals surface area contributed by atoms with Gasteiger partial charge >= 0.3 is 0 Å². The van der Waals surface area contributed by atoms with Gasteiger partial charge < -0.3 is 14.9 Å². The van der Waals surface area contributed by atoms with E-state index >= 15 is 0 Å². The van der Waals surface area contributed by atoms with Gasteiger partial charge in [0.2, 0.25) is 0 Å². The Morgan fingerprint density at radius 3 is 2.32 bits per heavy atom. The van der Waals surface area contributed by atoms with E-state index in [0.29, 0.717) is 6.42 Å². The number of hydrogen-bond donors (Lipinski definition) is 2. The molecule has 0 saturated carbocycles. The second-order valence-electron chi connectivity index (χ2n) is 4.11. The number of unbranched alkanes of at least 4 members (excludes halogenated alkanes) is 2. The normalized spacial score (nSPS) is 10.5. The summed E-state index contributed by atoms with van der Waals surface area (Å²) in [5.74, 6) is -0.539. The molecule has 2 N–H and O–H groups in total. The first-order valence-electron chi connectivity index (χ1n) is 5.95. The van der Waals surface area contributed by atoms with Crippen LogP contribution >= 0.6 is 31.9 Å². The molecule has 0 unspecified atom stereocenters. The van der Waals surface area contributed by atoms with Crippen molar-refractivity contribution in [3.63, 3.8) is 0 Å². The van der Waals surface area contributed by atoms with E-state index in [1.807, 2.05) is 0 Å². The Hall–Kier alpha value is -0.750. The molecule has 1 rings (SSSR count). The summed E-state index contributed by atoms with van der Waals surface area (Å²) in [6, 6.07) is 0. The predicted molar refractivity (Wildman–Crippen MR) is 80.2 cm³/mol. The highest BCUT2D eigenvalue weighted by Gasteiger charge is 2.26. The molecule has 0 bridgehead atoms. The van der Waals surface area contributed by atoms with Crippen molar-refractivity contribution in [3.05, 3.63) is 14.5 Å². The van der Waals surface area contributed by atoms with Gasteiger partial charge in [0, 0.05) is 6.42 Å². The van der Waals surface area contributed by atoms with Gasteiger partial charge in [-0.2, -0.15) is 0 Å². The number of carbonyl (C=O) groups excluding carboxylic acids is 1. The SMILES string of the molecule is CCCCCC(=O)c1c(O)c(Br)c(O)c(Br)c1OC. The average molecular weight is 396 g/mol. The van der Waals surface area contributed by atoms with E-state index in [2.05, 4.69) is 38.8 Å². The number of ether oxygens (including phenoxy) is 1. The quantitative estimate of drug-likeness (QED) is 0.553. The average Bonchev–Trinajstić information content (AvgIpc) is 2.40. The molecule has 1 aromatic rings. The van der Waals surface area contributed by atoms with E-state index in [1.165, 1.54) is 7.11 Å². The lowest BCUT2D eigenvalue weighted by molar-refractivity contribution is 0.0973. The molecule has 4 nitrogen and oxygen atoms in total. The number of aromatic hydroxyl groups is 2. The lowest BCUT2D eigenvalue weighted by Crippen LogP contribution is -2.04. The number of phenols is 2. The first kappa shape index (κ1) is 16.3. The van der Waals surface area contributed by atoms with Crippen molar-refractivity contribution < 1.29 is 19.7 Å². The van der Waals surface area contributed by atoms with Crippen molar-refractivity contribution >= 4 is 37.6 Å². The lowest BCUT2D eigenvalue weighted by atomic mass is 10.0. The van der Waals surface area contributed by atoms with Crippen LogP contribution in [0.1, 0.15) is 43.0 Å². The first-order chi connectivity index (χ1) is 8.95. The van der Waals surface area contributed by atoms with Crippen molar-refractivity contribution in [1.29, 1.82) is 0 Å². The molecule has 0 aliphatic rings. The van der Waals surface area contributed by atoms with E-state index in [-0.39, 0.29) is 37.5 Å². The molecule has 0 atom stereocenters. The maximum Gasteiger partial charge on any atom is 0.170 e. The Bertz CT molecular complexity index is 486. The van der Waals surface area contributed by atoms with Crippen LogP contribution in [-0.2, 0) is 0 Å². The highest BCUT2D eigenvalue weighted by molar-refractivity contribution is 9.11. The van der Waals surface area contributed by atoms with E-state index in [1.54, 1.807) is 0 Å². The zero-order chi connectivity index (χ0) is 14.6. The second kappa shape index (κ2) is 7.14. The van der Waals surface area contributed by atoms with E-state index in [9.17, 15) is 15.0 Å². The number of phenolic OH excluding ortho intramolecular Hbond substituents is 2. The molecule has 0 saturated heterocycles. The minimum atomic E-state index is -0.293. The number of methoxy groups -OCH3 is 1. The molecule has 0 spiro atoms. The number of Topliss-reactive ketones (excluding diaryl/α,β-unsaturated/α-hetero) is 1. The largest absolute Gasteiger partial charge is 0.506 e. The van der Waals surface area contributed by atoms with Crippen molar-refractivity contribution in [1.82, 2.24) is 0 Å². The number of hydrogen-bond acceptors (Lipinski definition) is 4. The van der Waals surface area contributed by atoms with Crippen LogP contribution in [0.2, 0.25) is 0 Å². The molecule has 1 aromatic carbocycles. The maximum absolute atomic E-state index is 12.2. The van der Waals surface area contributed by atoms with Crippen LogP contribution in [0.5, 0.6) is 17.2 Å². The van der Waals surface area contributed by atoms with Gasteiger partial charge in [-0.1, -0.05) is 19.8 Å². The van der Waals surface area contributed by atoms with Gasteiger partial charge in [-0.05, 0) is 38.3 Å². The van der Waals surface area contributed by atoms with Crippen LogP contribution in [0.25, 0.3) is 0 Å². The Labute approximate surface area is 129 Å². The van der Waals surface area contributed by atoms with Crippen LogP contribution in [0.15, 0.2) is 8.95 Å². The topological polar surface area (TPSA) is 66.8 Å². The predicted octanol–water partition coefficient (Wildman–Crippen LogP) is 4.39. The number of rotatable bonds is 6. The van der Waals surface area contributed by atoms with Crippen LogP contribution in [0, 0.1) is 0 Å². The van der Waals surface area contributed by atoms with Crippen LogP contribution in [0.3, 0.4) is 0 Å². The Kier molecular flexibility index (Phi) is 6.13. The Morgan fingerprint density at radius 1 is 1.16 bits per heavy atom. The smallest absolute Gasteiger partial charge is 0.170 e. The molecule has 19 heavy (non-hydrogen) atoms. The maximum atomic E-state index is 12.2. The van der Waals surface area contributed by atoms with E-state index < -0.39 is 0 Å². The fourth-order valence-corrected chi connectivity index (χ4v) is 2.97. The standard InChI is InChI=1S/C13H16Br2O4/c1-3-4-5-6-7(16)8-11(17)9(14)12(18)10(15)13(8)19-2/h17-18H,3-6H2,1-2H3. The lowest BCUT2D eigenvalue weighted by Gasteiger charge is -2.14. The van der Waals surface area contributed by atoms with E-state index in [4.69, 9.17) is 4.74 Å². The van der Waals surface area contributed by atoms with Gasteiger partial charge in [0.25, 0.3) is 0 Å². The minimum absolute atomic E-state index is 0.0824. The zero-order valence-electron chi connectivity index (χ0n) is 10.8. The highest BCUT2D eigenvalue weighted by atomic mass is 79.9. The molecule has 0 aromatic heterocycles. The summed E-state index contributed by atoms with van der Waals surface area (Å²) in [4.78, 5) is 12.2. The molecule has 0 fully saturated rings. The summed E-state index contributed by atoms with van der Waals surface area (Å²) in [6.07, 6.45) is 3.06. The second-order valence-corrected chi connectivity index (χ2v) is 5.70.